The molecule has 1 aliphatic carbocycles. The highest BCUT2D eigenvalue weighted by Gasteiger charge is 2.47. The van der Waals surface area contributed by atoms with Crippen LogP contribution >= 0.6 is 0 Å². The van der Waals surface area contributed by atoms with Gasteiger partial charge in [-0.3, -0.25) is 0 Å². The molecular formula is C22H26N6O4S. The first-order valence-corrected chi connectivity index (χ1v) is 12.2. The highest BCUT2D eigenvalue weighted by molar-refractivity contribution is 7.72. The van der Waals surface area contributed by atoms with Crippen LogP contribution in [0.15, 0.2) is 30.3 Å². The molecule has 1 aromatic carbocycles. The van der Waals surface area contributed by atoms with Crippen LogP contribution in [0.2, 0.25) is 0 Å². The highest BCUT2D eigenvalue weighted by Crippen LogP contribution is 2.48. The second-order valence-electron chi connectivity index (χ2n) is 8.17. The second kappa shape index (κ2) is 10.1. The van der Waals surface area contributed by atoms with Gasteiger partial charge in [0, 0.05) is 42.4 Å². The molecule has 0 radical (unpaired) electrons. The van der Waals surface area contributed by atoms with Crippen LogP contribution in [0, 0.1) is 11.3 Å². The van der Waals surface area contributed by atoms with Crippen molar-refractivity contribution in [3.63, 3.8) is 0 Å². The number of carbonyl (C=O) groups is 1. The van der Waals surface area contributed by atoms with Crippen molar-refractivity contribution in [2.45, 2.75) is 24.7 Å². The van der Waals surface area contributed by atoms with E-state index < -0.39 is 16.1 Å². The van der Waals surface area contributed by atoms with Gasteiger partial charge in [0.1, 0.15) is 16.5 Å². The number of nitriles is 1. The molecule has 0 spiro atoms. The van der Waals surface area contributed by atoms with E-state index in [1.54, 1.807) is 12.1 Å². The first-order chi connectivity index (χ1) is 16.0. The molecule has 0 bridgehead atoms. The lowest BCUT2D eigenvalue weighted by Gasteiger charge is -2.29. The predicted octanol–water partition coefficient (Wildman–Crippen LogP) is 1.66. The van der Waals surface area contributed by atoms with Gasteiger partial charge in [-0.15, -0.1) is 0 Å². The zero-order valence-corrected chi connectivity index (χ0v) is 19.0. The predicted molar refractivity (Wildman–Crippen MR) is 124 cm³/mol. The SMILES string of the molecule is N#CCCNC(=O)Nc1ccc(-c2nc(N3CCOCC3)cc(C3(C[SH](=O)=O)CC3)n2)cc1. The molecule has 10 nitrogen and oxygen atoms in total. The molecule has 11 heteroatoms. The Balaban J connectivity index is 1.59. The van der Waals surface area contributed by atoms with E-state index in [2.05, 4.69) is 15.5 Å². The zero-order chi connectivity index (χ0) is 23.3. The fourth-order valence-electron chi connectivity index (χ4n) is 3.79. The van der Waals surface area contributed by atoms with Crippen molar-refractivity contribution < 1.29 is 17.9 Å². The van der Waals surface area contributed by atoms with Gasteiger partial charge in [0.05, 0.1) is 37.2 Å². The van der Waals surface area contributed by atoms with Gasteiger partial charge in [0.2, 0.25) is 0 Å². The van der Waals surface area contributed by atoms with Gasteiger partial charge in [-0.25, -0.2) is 23.2 Å². The second-order valence-corrected chi connectivity index (χ2v) is 9.15. The van der Waals surface area contributed by atoms with E-state index in [1.807, 2.05) is 24.3 Å². The van der Waals surface area contributed by atoms with Crippen molar-refractivity contribution in [1.82, 2.24) is 15.3 Å². The van der Waals surface area contributed by atoms with E-state index in [1.165, 1.54) is 0 Å². The minimum atomic E-state index is -2.51. The third-order valence-electron chi connectivity index (χ3n) is 5.80. The number of thiol groups is 1. The average Bonchev–Trinajstić information content (AvgIpc) is 3.60. The summed E-state index contributed by atoms with van der Waals surface area (Å²) in [6.45, 7) is 2.93. The number of nitrogens with zero attached hydrogens (tertiary/aromatic N) is 4. The molecule has 2 aromatic rings. The fourth-order valence-corrected chi connectivity index (χ4v) is 4.77. The van der Waals surface area contributed by atoms with E-state index in [0.29, 0.717) is 37.8 Å². The number of hydrogen-bond acceptors (Lipinski definition) is 8. The Morgan fingerprint density at radius 1 is 1.18 bits per heavy atom. The lowest BCUT2D eigenvalue weighted by molar-refractivity contribution is 0.122. The molecule has 1 aliphatic heterocycles. The van der Waals surface area contributed by atoms with Crippen LogP contribution in [0.4, 0.5) is 16.3 Å². The molecule has 1 saturated carbocycles. The number of ether oxygens (including phenoxy) is 1. The summed E-state index contributed by atoms with van der Waals surface area (Å²) in [5, 5.41) is 13.9. The largest absolute Gasteiger partial charge is 0.378 e. The first-order valence-electron chi connectivity index (χ1n) is 10.9. The van der Waals surface area contributed by atoms with Gasteiger partial charge < -0.3 is 20.3 Å². The molecule has 2 N–H and O–H groups in total. The number of urea groups is 1. The van der Waals surface area contributed by atoms with Crippen molar-refractivity contribution in [3.8, 4) is 17.5 Å². The van der Waals surface area contributed by atoms with Crippen LogP contribution in [0.1, 0.15) is 25.0 Å². The lowest BCUT2D eigenvalue weighted by atomic mass is 10.0. The van der Waals surface area contributed by atoms with Crippen LogP contribution < -0.4 is 15.5 Å². The van der Waals surface area contributed by atoms with Crippen molar-refractivity contribution in [1.29, 1.82) is 5.26 Å². The van der Waals surface area contributed by atoms with Crippen molar-refractivity contribution in [2.24, 2.45) is 0 Å². The molecule has 174 valence electrons. The van der Waals surface area contributed by atoms with E-state index in [9.17, 15) is 13.2 Å². The average molecular weight is 471 g/mol. The number of benzene rings is 1. The summed E-state index contributed by atoms with van der Waals surface area (Å²) < 4.78 is 28.4. The quantitative estimate of drug-likeness (QED) is 0.391. The summed E-state index contributed by atoms with van der Waals surface area (Å²) in [6.07, 6.45) is 1.83. The van der Waals surface area contributed by atoms with Gasteiger partial charge in [-0.2, -0.15) is 5.26 Å². The topological polar surface area (TPSA) is 137 Å². The Morgan fingerprint density at radius 2 is 1.91 bits per heavy atom. The Bertz CT molecular complexity index is 1110. The standard InChI is InChI=1S/C22H26N6O4S/c23-8-1-9-24-21(29)25-17-4-2-16(3-5-17)20-26-18(22(6-7-22)15-33(30)31)14-19(27-20)28-10-12-32-13-11-28/h2-5,14,33H,1,6-7,9-13,15H2,(H2,24,25,29). The summed E-state index contributed by atoms with van der Waals surface area (Å²) in [4.78, 5) is 23.5. The number of morpholine rings is 1. The highest BCUT2D eigenvalue weighted by atomic mass is 32.2. The van der Waals surface area contributed by atoms with Gasteiger partial charge in [0.15, 0.2) is 5.82 Å². The van der Waals surface area contributed by atoms with E-state index in [4.69, 9.17) is 20.0 Å². The van der Waals surface area contributed by atoms with E-state index >= 15 is 0 Å². The Labute approximate surface area is 193 Å². The molecule has 33 heavy (non-hydrogen) atoms. The van der Waals surface area contributed by atoms with Crippen molar-refractivity contribution >= 4 is 28.2 Å². The summed E-state index contributed by atoms with van der Waals surface area (Å²) in [6, 6.07) is 10.7. The number of aromatic nitrogens is 2. The maximum absolute atomic E-state index is 11.9. The third kappa shape index (κ3) is 5.77. The maximum Gasteiger partial charge on any atom is 0.319 e. The van der Waals surface area contributed by atoms with Crippen LogP contribution in [0.3, 0.4) is 0 Å². The van der Waals surface area contributed by atoms with Crippen LogP contribution in [-0.2, 0) is 20.9 Å². The molecule has 0 atom stereocenters. The van der Waals surface area contributed by atoms with E-state index in [-0.39, 0.29) is 24.7 Å². The molecule has 0 unspecified atom stereocenters. The monoisotopic (exact) mass is 470 g/mol. The maximum atomic E-state index is 11.9. The number of anilines is 2. The zero-order valence-electron chi connectivity index (χ0n) is 18.1. The summed E-state index contributed by atoms with van der Waals surface area (Å²) in [7, 11) is -2.51. The molecule has 2 heterocycles. The number of amides is 2. The molecule has 2 amide bonds. The van der Waals surface area contributed by atoms with Crippen molar-refractivity contribution in [2.75, 3.05) is 48.8 Å². The molecular weight excluding hydrogens is 444 g/mol. The molecule has 1 aromatic heterocycles. The van der Waals surface area contributed by atoms with Crippen molar-refractivity contribution in [3.05, 3.63) is 36.0 Å². The molecule has 4 rings (SSSR count). The summed E-state index contributed by atoms with van der Waals surface area (Å²) in [5.74, 6) is 1.38. The number of hydrogen-bond donors (Lipinski definition) is 3. The van der Waals surface area contributed by atoms with Gasteiger partial charge in [0.25, 0.3) is 0 Å². The Kier molecular flexibility index (Phi) is 7.05. The normalized spacial score (nSPS) is 16.8. The summed E-state index contributed by atoms with van der Waals surface area (Å²) in [5.41, 5.74) is 1.69. The van der Waals surface area contributed by atoms with Gasteiger partial charge >= 0.3 is 6.03 Å². The Morgan fingerprint density at radius 3 is 2.55 bits per heavy atom. The first kappa shape index (κ1) is 22.9. The number of rotatable bonds is 8. The molecule has 2 fully saturated rings. The summed E-state index contributed by atoms with van der Waals surface area (Å²) >= 11 is 0. The van der Waals surface area contributed by atoms with E-state index in [0.717, 1.165) is 29.9 Å². The van der Waals surface area contributed by atoms with Crippen LogP contribution in [-0.4, -0.2) is 63.0 Å². The van der Waals surface area contributed by atoms with Crippen LogP contribution in [0.5, 0.6) is 0 Å². The van der Waals surface area contributed by atoms with Crippen LogP contribution in [0.25, 0.3) is 11.4 Å². The third-order valence-corrected chi connectivity index (χ3v) is 6.66. The number of nitrogens with one attached hydrogen (secondary N) is 2. The smallest absolute Gasteiger partial charge is 0.319 e. The lowest BCUT2D eigenvalue weighted by Crippen LogP contribution is -2.37. The molecule has 1 saturated heterocycles. The minimum Gasteiger partial charge on any atom is -0.378 e. The number of carbonyl (C=O) groups excluding carboxylic acids is 1. The van der Waals surface area contributed by atoms with Gasteiger partial charge in [-0.1, -0.05) is 0 Å². The minimum absolute atomic E-state index is 0.0884. The fraction of sp³-hybridized carbons (Fsp3) is 0.455. The van der Waals surface area contributed by atoms with Gasteiger partial charge in [-0.05, 0) is 37.1 Å². The molecule has 2 aliphatic rings. The Hall–Kier alpha value is -3.23.